The fraction of sp³-hybridized carbons (Fsp3) is 0.536. The quantitative estimate of drug-likeness (QED) is 0.528. The third-order valence-corrected chi connectivity index (χ3v) is 6.28. The first kappa shape index (κ1) is 25.3. The molecule has 0 saturated carbocycles. The van der Waals surface area contributed by atoms with Crippen LogP contribution in [0.3, 0.4) is 0 Å². The Hall–Kier alpha value is -2.77. The molecule has 1 saturated heterocycles. The van der Waals surface area contributed by atoms with Crippen molar-refractivity contribution in [1.82, 2.24) is 0 Å². The standard InChI is InChI=1S/C28H36O7/c1-4-20-6-7-21(13-22(20)11-19-5-8-25-27(12-19)32-10-9-31-25)26-15-23(29)14-24(35-26)17-34-28(30)33-16-18(2)3/h5-8,12-13,18,23-24,26,29H,4,9-11,14-17H2,1-3H3/t23-,24-,26+/m0/s1. The summed E-state index contributed by atoms with van der Waals surface area (Å²) in [6.45, 7) is 7.58. The molecular formula is C28H36O7. The van der Waals surface area contributed by atoms with Gasteiger partial charge in [-0.2, -0.15) is 0 Å². The highest BCUT2D eigenvalue weighted by atomic mass is 16.7. The molecule has 4 rings (SSSR count). The van der Waals surface area contributed by atoms with Gasteiger partial charge < -0.3 is 28.8 Å². The molecule has 1 fully saturated rings. The van der Waals surface area contributed by atoms with Gasteiger partial charge in [0.15, 0.2) is 11.5 Å². The van der Waals surface area contributed by atoms with Gasteiger partial charge in [0.1, 0.15) is 19.8 Å². The first-order valence-corrected chi connectivity index (χ1v) is 12.5. The van der Waals surface area contributed by atoms with E-state index in [0.717, 1.165) is 35.5 Å². The Bertz CT molecular complexity index is 1000. The number of hydrogen-bond acceptors (Lipinski definition) is 7. The van der Waals surface area contributed by atoms with Crippen LogP contribution in [0.15, 0.2) is 36.4 Å². The molecule has 7 nitrogen and oxygen atoms in total. The van der Waals surface area contributed by atoms with Crippen molar-refractivity contribution < 1.29 is 33.6 Å². The summed E-state index contributed by atoms with van der Waals surface area (Å²) in [6, 6.07) is 12.5. The Kier molecular flexibility index (Phi) is 8.52. The maximum atomic E-state index is 11.8. The second kappa shape index (κ2) is 11.8. The van der Waals surface area contributed by atoms with Crippen LogP contribution in [0.1, 0.15) is 62.0 Å². The average Bonchev–Trinajstić information content (AvgIpc) is 2.85. The lowest BCUT2D eigenvalue weighted by Gasteiger charge is -2.33. The van der Waals surface area contributed by atoms with Crippen LogP contribution in [-0.4, -0.2) is 49.9 Å². The lowest BCUT2D eigenvalue weighted by molar-refractivity contribution is -0.118. The minimum absolute atomic E-state index is 0.0571. The molecule has 0 aliphatic carbocycles. The summed E-state index contributed by atoms with van der Waals surface area (Å²) in [6.07, 6.45) is 0.717. The Morgan fingerprint density at radius 2 is 1.83 bits per heavy atom. The number of aliphatic hydroxyl groups excluding tert-OH is 1. The molecule has 0 spiro atoms. The minimum Gasteiger partial charge on any atom is -0.486 e. The van der Waals surface area contributed by atoms with Crippen molar-refractivity contribution in [3.63, 3.8) is 0 Å². The van der Waals surface area contributed by atoms with Crippen molar-refractivity contribution in [3.8, 4) is 11.5 Å². The number of carbonyl (C=O) groups excluding carboxylic acids is 1. The number of ether oxygens (including phenoxy) is 5. The molecule has 35 heavy (non-hydrogen) atoms. The van der Waals surface area contributed by atoms with Gasteiger partial charge in [0, 0.05) is 12.8 Å². The molecule has 3 atom stereocenters. The molecule has 190 valence electrons. The van der Waals surface area contributed by atoms with E-state index in [0.29, 0.717) is 32.7 Å². The average molecular weight is 485 g/mol. The van der Waals surface area contributed by atoms with Crippen molar-refractivity contribution in [3.05, 3.63) is 58.7 Å². The molecule has 2 aromatic rings. The van der Waals surface area contributed by atoms with Gasteiger partial charge in [0.2, 0.25) is 0 Å². The van der Waals surface area contributed by atoms with Crippen LogP contribution < -0.4 is 9.47 Å². The van der Waals surface area contributed by atoms with E-state index in [-0.39, 0.29) is 24.7 Å². The van der Waals surface area contributed by atoms with E-state index in [1.165, 1.54) is 11.1 Å². The van der Waals surface area contributed by atoms with Gasteiger partial charge in [-0.3, -0.25) is 0 Å². The highest BCUT2D eigenvalue weighted by molar-refractivity contribution is 5.59. The van der Waals surface area contributed by atoms with Crippen LogP contribution in [0.25, 0.3) is 0 Å². The first-order valence-electron chi connectivity index (χ1n) is 12.5. The topological polar surface area (TPSA) is 83.5 Å². The predicted octanol–water partition coefficient (Wildman–Crippen LogP) is 5.00. The van der Waals surface area contributed by atoms with Crippen LogP contribution in [0, 0.1) is 5.92 Å². The largest absolute Gasteiger partial charge is 0.508 e. The van der Waals surface area contributed by atoms with Crippen LogP contribution in [0.4, 0.5) is 4.79 Å². The zero-order valence-corrected chi connectivity index (χ0v) is 20.8. The number of benzene rings is 2. The number of hydrogen-bond donors (Lipinski definition) is 1. The summed E-state index contributed by atoms with van der Waals surface area (Å²) in [7, 11) is 0. The smallest absolute Gasteiger partial charge is 0.486 e. The Morgan fingerprint density at radius 3 is 2.60 bits per heavy atom. The summed E-state index contributed by atoms with van der Waals surface area (Å²) >= 11 is 0. The fourth-order valence-corrected chi connectivity index (χ4v) is 4.52. The first-order chi connectivity index (χ1) is 16.9. The van der Waals surface area contributed by atoms with E-state index in [1.807, 2.05) is 26.0 Å². The molecule has 0 aromatic heterocycles. The number of fused-ring (bicyclic) bond motifs is 1. The summed E-state index contributed by atoms with van der Waals surface area (Å²) in [5.74, 6) is 1.81. The summed E-state index contributed by atoms with van der Waals surface area (Å²) in [5.41, 5.74) is 4.65. The zero-order chi connectivity index (χ0) is 24.8. The maximum Gasteiger partial charge on any atom is 0.508 e. The van der Waals surface area contributed by atoms with Crippen LogP contribution in [0.2, 0.25) is 0 Å². The number of rotatable bonds is 8. The molecule has 2 heterocycles. The molecule has 2 aliphatic heterocycles. The second-order valence-electron chi connectivity index (χ2n) is 9.67. The molecular weight excluding hydrogens is 448 g/mol. The molecule has 2 aromatic carbocycles. The van der Waals surface area contributed by atoms with E-state index in [4.69, 9.17) is 23.7 Å². The van der Waals surface area contributed by atoms with Crippen LogP contribution in [0.5, 0.6) is 11.5 Å². The zero-order valence-electron chi connectivity index (χ0n) is 20.8. The molecule has 0 radical (unpaired) electrons. The van der Waals surface area contributed by atoms with E-state index in [9.17, 15) is 9.90 Å². The van der Waals surface area contributed by atoms with Gasteiger partial charge in [0.25, 0.3) is 0 Å². The minimum atomic E-state index is -0.701. The number of aliphatic hydroxyl groups is 1. The summed E-state index contributed by atoms with van der Waals surface area (Å²) in [5, 5.41) is 10.5. The van der Waals surface area contributed by atoms with Crippen molar-refractivity contribution in [2.24, 2.45) is 5.92 Å². The Balaban J connectivity index is 1.44. The SMILES string of the molecule is CCc1ccc([C@H]2C[C@@H](O)C[C@@H](COC(=O)OCC(C)C)O2)cc1Cc1ccc2c(c1)OCCO2. The third kappa shape index (κ3) is 6.89. The van der Waals surface area contributed by atoms with Gasteiger partial charge in [-0.1, -0.05) is 45.0 Å². The van der Waals surface area contributed by atoms with Crippen molar-refractivity contribution in [2.45, 2.75) is 64.8 Å². The third-order valence-electron chi connectivity index (χ3n) is 6.28. The van der Waals surface area contributed by atoms with E-state index < -0.39 is 12.3 Å². The summed E-state index contributed by atoms with van der Waals surface area (Å²) < 4.78 is 27.9. The van der Waals surface area contributed by atoms with Gasteiger partial charge >= 0.3 is 6.16 Å². The van der Waals surface area contributed by atoms with E-state index in [1.54, 1.807) is 0 Å². The number of aryl methyl sites for hydroxylation is 1. The lowest BCUT2D eigenvalue weighted by atomic mass is 9.91. The van der Waals surface area contributed by atoms with Crippen LogP contribution >= 0.6 is 0 Å². The van der Waals surface area contributed by atoms with Crippen LogP contribution in [-0.2, 0) is 27.1 Å². The monoisotopic (exact) mass is 484 g/mol. The molecule has 2 aliphatic rings. The molecule has 7 heteroatoms. The fourth-order valence-electron chi connectivity index (χ4n) is 4.52. The predicted molar refractivity (Wildman–Crippen MR) is 131 cm³/mol. The second-order valence-corrected chi connectivity index (χ2v) is 9.67. The van der Waals surface area contributed by atoms with E-state index >= 15 is 0 Å². The molecule has 1 N–H and O–H groups in total. The van der Waals surface area contributed by atoms with Gasteiger partial charge in [-0.25, -0.2) is 4.79 Å². The van der Waals surface area contributed by atoms with Crippen molar-refractivity contribution in [2.75, 3.05) is 26.4 Å². The van der Waals surface area contributed by atoms with Crippen molar-refractivity contribution >= 4 is 6.16 Å². The Labute approximate surface area is 207 Å². The van der Waals surface area contributed by atoms with E-state index in [2.05, 4.69) is 31.2 Å². The maximum absolute atomic E-state index is 11.8. The van der Waals surface area contributed by atoms with Crippen molar-refractivity contribution in [1.29, 1.82) is 0 Å². The lowest BCUT2D eigenvalue weighted by Crippen LogP contribution is -2.35. The molecule has 0 amide bonds. The number of carbonyl (C=O) groups is 1. The highest BCUT2D eigenvalue weighted by Gasteiger charge is 2.31. The summed E-state index contributed by atoms with van der Waals surface area (Å²) in [4.78, 5) is 11.8. The normalized spacial score (nSPS) is 21.6. The molecule has 0 unspecified atom stereocenters. The van der Waals surface area contributed by atoms with Gasteiger partial charge in [0.05, 0.1) is 24.9 Å². The molecule has 0 bridgehead atoms. The van der Waals surface area contributed by atoms with Gasteiger partial charge in [-0.15, -0.1) is 0 Å². The Morgan fingerprint density at radius 1 is 1.03 bits per heavy atom. The highest BCUT2D eigenvalue weighted by Crippen LogP contribution is 2.35. The van der Waals surface area contributed by atoms with Gasteiger partial charge in [-0.05, 0) is 53.1 Å².